The first-order valence-corrected chi connectivity index (χ1v) is 40.6. The van der Waals surface area contributed by atoms with Crippen LogP contribution in [-0.4, -0.2) is 54.2 Å². The van der Waals surface area contributed by atoms with Gasteiger partial charge in [-0.15, -0.1) is 0 Å². The highest BCUT2D eigenvalue weighted by atomic mass is 28.3. The Morgan fingerprint density at radius 1 is 0.500 bits per heavy atom. The molecule has 0 saturated carbocycles. The number of nitrogens with zero attached hydrogens (tertiary/aromatic N) is 2. The van der Waals surface area contributed by atoms with Crippen LogP contribution < -0.4 is 40.9 Å². The van der Waals surface area contributed by atoms with Gasteiger partial charge in [0, 0.05) is 54.5 Å². The maximum atomic E-state index is 2.79. The number of benzene rings is 7. The highest BCUT2D eigenvalue weighted by molar-refractivity contribution is 6.91. The lowest BCUT2D eigenvalue weighted by Crippen LogP contribution is -2.46. The van der Waals surface area contributed by atoms with Crippen LogP contribution in [0.25, 0.3) is 21.5 Å². The van der Waals surface area contributed by atoms with Crippen molar-refractivity contribution in [3.63, 3.8) is 0 Å². The van der Waals surface area contributed by atoms with Gasteiger partial charge in [-0.25, -0.2) is 0 Å². The molecule has 0 fully saturated rings. The first kappa shape index (κ1) is 55.7. The molecule has 2 nitrogen and oxygen atoms in total. The monoisotopic (exact) mass is 1060 g/mol. The van der Waals surface area contributed by atoms with Gasteiger partial charge in [0.1, 0.15) is 0 Å². The summed E-state index contributed by atoms with van der Waals surface area (Å²) in [6.07, 6.45) is 0. The van der Waals surface area contributed by atoms with E-state index in [1.54, 1.807) is 25.9 Å². The second-order valence-electron chi connectivity index (χ2n) is 22.7. The van der Waals surface area contributed by atoms with Crippen molar-refractivity contribution in [2.75, 3.05) is 9.80 Å². The molecule has 382 valence electrons. The van der Waals surface area contributed by atoms with E-state index in [4.69, 9.17) is 0 Å². The molecule has 0 bridgehead atoms. The van der Waals surface area contributed by atoms with Crippen LogP contribution in [0, 0.1) is 13.8 Å². The molecule has 0 N–H and O–H groups in total. The Bertz CT molecular complexity index is 2940. The average Bonchev–Trinajstić information content (AvgIpc) is 3.36. The fourth-order valence-corrected chi connectivity index (χ4v) is 26.3. The Morgan fingerprint density at radius 3 is 1.57 bits per heavy atom. The molecule has 0 saturated heterocycles. The van der Waals surface area contributed by atoms with Crippen LogP contribution in [-0.2, 0) is 5.41 Å². The van der Waals surface area contributed by atoms with Crippen LogP contribution in [0.3, 0.4) is 0 Å². The summed E-state index contributed by atoms with van der Waals surface area (Å²) in [6.45, 7) is 36.4. The van der Waals surface area contributed by atoms with Gasteiger partial charge in [-0.2, -0.15) is 0 Å². The molecule has 0 aliphatic rings. The van der Waals surface area contributed by atoms with Crippen LogP contribution in [0.15, 0.2) is 115 Å². The van der Waals surface area contributed by atoms with Gasteiger partial charge in [0.25, 0.3) is 0 Å². The Morgan fingerprint density at radius 2 is 1.03 bits per heavy atom. The maximum Gasteiger partial charge on any atom is 0.0860 e. The zero-order valence-corrected chi connectivity index (χ0v) is 55.8. The number of hydrogen-bond donors (Lipinski definition) is 0. The predicted octanol–water partition coefficient (Wildman–Crippen LogP) is 13.2. The molecule has 7 aromatic carbocycles. The number of hydrogen-bond acceptors (Lipinski definition) is 2. The van der Waals surface area contributed by atoms with Crippen molar-refractivity contribution in [1.82, 2.24) is 0 Å². The summed E-state index contributed by atoms with van der Waals surface area (Å²) in [5.74, 6) is 0. The Balaban J connectivity index is 1.74. The third-order valence-corrected chi connectivity index (χ3v) is 34.8. The van der Waals surface area contributed by atoms with E-state index in [-0.39, 0.29) is 5.41 Å². The molecular weight excluding hydrogens is 965 g/mol. The van der Waals surface area contributed by atoms with Crippen LogP contribution >= 0.6 is 0 Å². The second-order valence-corrected chi connectivity index (χ2v) is 42.5. The van der Waals surface area contributed by atoms with E-state index in [1.165, 1.54) is 138 Å². The van der Waals surface area contributed by atoms with Gasteiger partial charge in [0.05, 0.1) is 55.4 Å². The van der Waals surface area contributed by atoms with E-state index in [0.29, 0.717) is 0 Å². The SMILES string of the molecule is CC[SiH2]c1cc([SiH3])cc(N(c2cc(C)cc([Si](CC)(CC)CC)c2)c2c3ccccc3c(N(c3cc([SiH](CC)CC)cc([SiH](CC)CC)c3)c3ccc(C)c([SiH](CC)CC)c3)c3cc(C(C)(C)C)ccc23)c1. The van der Waals surface area contributed by atoms with Crippen molar-refractivity contribution in [2.45, 2.75) is 170 Å². The highest BCUT2D eigenvalue weighted by Gasteiger charge is 2.33. The van der Waals surface area contributed by atoms with Crippen molar-refractivity contribution >= 4 is 141 Å². The smallest absolute Gasteiger partial charge is 0.0860 e. The van der Waals surface area contributed by atoms with E-state index in [9.17, 15) is 0 Å². The van der Waals surface area contributed by atoms with Crippen molar-refractivity contribution < 1.29 is 0 Å². The normalized spacial score (nSPS) is 12.5. The number of anilines is 6. The van der Waals surface area contributed by atoms with Crippen molar-refractivity contribution in [1.29, 1.82) is 0 Å². The molecule has 7 rings (SSSR count). The summed E-state index contributed by atoms with van der Waals surface area (Å²) in [7, 11) is -4.73. The highest BCUT2D eigenvalue weighted by Crippen LogP contribution is 2.51. The van der Waals surface area contributed by atoms with E-state index in [0.717, 1.165) is 10.2 Å². The number of aryl methyl sites for hydroxylation is 2. The lowest BCUT2D eigenvalue weighted by atomic mass is 9.84. The minimum atomic E-state index is -1.74. The van der Waals surface area contributed by atoms with E-state index >= 15 is 0 Å². The third-order valence-electron chi connectivity index (χ3n) is 17.2. The molecule has 0 amide bonds. The fraction of sp³-hybridized carbons (Fsp3) is 0.406. The summed E-state index contributed by atoms with van der Waals surface area (Å²) in [5, 5.41) is 14.9. The standard InChI is InChI=1S/C64H92N2Si6/c1-16-68-53-38-50(37-52(67)43-53)66(49-34-45(11)35-56(41-49)72(23-8,24-9)25-10)62-57-28-26-27-29-58(57)63(60-36-47(64(13,14)15)31-33-59(60)62)65(48-32-30-46(12)61(42-48)71(21-6)22-7)51-39-54(69(17-2)18-3)44-55(40-51)70(19-4)20-5/h26-44,69-71H,16-25,68H2,1-15,67H3. The quantitative estimate of drug-likeness (QED) is 0.0402. The molecule has 0 spiro atoms. The lowest BCUT2D eigenvalue weighted by molar-refractivity contribution is 0.591. The van der Waals surface area contributed by atoms with Crippen molar-refractivity contribution in [3.8, 4) is 0 Å². The molecular formula is C64H92N2Si6. The third kappa shape index (κ3) is 11.3. The van der Waals surface area contributed by atoms with E-state index < -0.39 is 44.0 Å². The topological polar surface area (TPSA) is 6.48 Å². The number of rotatable bonds is 21. The molecule has 0 aromatic heterocycles. The largest absolute Gasteiger partial charge is 0.309 e. The Kier molecular flexibility index (Phi) is 18.6. The van der Waals surface area contributed by atoms with Gasteiger partial charge in [0.2, 0.25) is 0 Å². The van der Waals surface area contributed by atoms with Gasteiger partial charge in [-0.1, -0.05) is 248 Å². The van der Waals surface area contributed by atoms with Gasteiger partial charge in [0.15, 0.2) is 0 Å². The zero-order valence-electron chi connectivity index (χ0n) is 47.9. The zero-order chi connectivity index (χ0) is 52.1. The molecule has 8 heteroatoms. The van der Waals surface area contributed by atoms with E-state index in [1.807, 2.05) is 0 Å². The summed E-state index contributed by atoms with van der Waals surface area (Å²) in [5.41, 5.74) is 12.1. The van der Waals surface area contributed by atoms with Crippen molar-refractivity contribution in [2.24, 2.45) is 0 Å². The Labute approximate surface area is 449 Å². The number of fused-ring (bicyclic) bond motifs is 2. The van der Waals surface area contributed by atoms with Gasteiger partial charge in [-0.3, -0.25) is 0 Å². The molecule has 0 atom stereocenters. The summed E-state index contributed by atoms with van der Waals surface area (Å²) in [4.78, 5) is 5.54. The van der Waals surface area contributed by atoms with Crippen LogP contribution in [0.4, 0.5) is 34.1 Å². The molecule has 0 heterocycles. The van der Waals surface area contributed by atoms with Crippen molar-refractivity contribution in [3.05, 3.63) is 132 Å². The van der Waals surface area contributed by atoms with Crippen LogP contribution in [0.2, 0.25) is 60.4 Å². The molecule has 0 aliphatic heterocycles. The first-order chi connectivity index (χ1) is 34.6. The first-order valence-electron chi connectivity index (χ1n) is 28.6. The molecule has 0 radical (unpaired) electrons. The predicted molar refractivity (Wildman–Crippen MR) is 347 cm³/mol. The summed E-state index contributed by atoms with van der Waals surface area (Å²) < 4.78 is 0. The second kappa shape index (κ2) is 24.1. The van der Waals surface area contributed by atoms with Gasteiger partial charge < -0.3 is 9.80 Å². The maximum absolute atomic E-state index is 2.79. The summed E-state index contributed by atoms with van der Waals surface area (Å²) >= 11 is 0. The summed E-state index contributed by atoms with van der Waals surface area (Å²) in [6, 6.07) is 61.1. The minimum absolute atomic E-state index is 0.0458. The van der Waals surface area contributed by atoms with Gasteiger partial charge >= 0.3 is 0 Å². The average molecular weight is 1060 g/mol. The molecule has 72 heavy (non-hydrogen) atoms. The minimum Gasteiger partial charge on any atom is -0.309 e. The fourth-order valence-electron chi connectivity index (χ4n) is 12.6. The lowest BCUT2D eigenvalue weighted by Gasteiger charge is -2.36. The van der Waals surface area contributed by atoms with Gasteiger partial charge in [-0.05, 0) is 85.0 Å². The van der Waals surface area contributed by atoms with E-state index in [2.05, 4.69) is 229 Å². The molecule has 0 unspecified atom stereocenters. The molecule has 7 aromatic rings. The Hall–Kier alpha value is -4.04. The molecule has 0 aliphatic carbocycles. The van der Waals surface area contributed by atoms with Crippen LogP contribution in [0.1, 0.15) is 107 Å². The van der Waals surface area contributed by atoms with Crippen LogP contribution in [0.5, 0.6) is 0 Å².